The van der Waals surface area contributed by atoms with Crippen LogP contribution in [0.15, 0.2) is 79.4 Å². The molecule has 0 atom stereocenters. The van der Waals surface area contributed by atoms with Crippen molar-refractivity contribution in [3.63, 3.8) is 0 Å². The molecular weight excluding hydrogens is 469 g/mol. The molecule has 0 aliphatic carbocycles. The largest absolute Gasteiger partial charge is 0.497 e. The highest BCUT2D eigenvalue weighted by Gasteiger charge is 2.31. The van der Waals surface area contributed by atoms with E-state index in [1.54, 1.807) is 36.7 Å². The summed E-state index contributed by atoms with van der Waals surface area (Å²) in [5, 5.41) is 4.62. The second kappa shape index (κ2) is 9.14. The zero-order valence-electron chi connectivity index (χ0n) is 18.9. The summed E-state index contributed by atoms with van der Waals surface area (Å²) in [5.41, 5.74) is 7.99. The van der Waals surface area contributed by atoms with E-state index in [1.165, 1.54) is 19.5 Å². The predicted molar refractivity (Wildman–Crippen MR) is 132 cm³/mol. The number of nitrogen functional groups attached to an aromatic ring is 1. The molecule has 36 heavy (non-hydrogen) atoms. The summed E-state index contributed by atoms with van der Waals surface area (Å²) in [5.74, 6) is 0.788. The van der Waals surface area contributed by atoms with Gasteiger partial charge in [-0.3, -0.25) is 0 Å². The Morgan fingerprint density at radius 3 is 2.50 bits per heavy atom. The Bertz CT molecular complexity index is 1560. The molecule has 10 heteroatoms. The number of ether oxygens (including phenoxy) is 1. The van der Waals surface area contributed by atoms with Crippen molar-refractivity contribution >= 4 is 28.1 Å². The number of rotatable bonds is 5. The Kier molecular flexibility index (Phi) is 5.85. The van der Waals surface area contributed by atoms with Crippen molar-refractivity contribution < 1.29 is 17.9 Å². The van der Waals surface area contributed by atoms with Crippen LogP contribution in [0.3, 0.4) is 0 Å². The van der Waals surface area contributed by atoms with Crippen LogP contribution in [-0.2, 0) is 6.18 Å². The summed E-state index contributed by atoms with van der Waals surface area (Å²) in [6.07, 6.45) is 0.189. The van der Waals surface area contributed by atoms with Gasteiger partial charge in [-0.15, -0.1) is 0 Å². The lowest BCUT2D eigenvalue weighted by atomic mass is 10.0. The van der Waals surface area contributed by atoms with Gasteiger partial charge in [0.1, 0.15) is 23.7 Å². The van der Waals surface area contributed by atoms with E-state index in [-0.39, 0.29) is 22.8 Å². The SMILES string of the molecule is COc1cc(-c2cc3c(Nc4ncccc4-c4ccncn4)cccc3c(N)n2)cc(C(F)(F)F)c1. The predicted octanol–water partition coefficient (Wildman–Crippen LogP) is 6.11. The minimum atomic E-state index is -4.55. The van der Waals surface area contributed by atoms with Crippen LogP contribution in [-0.4, -0.2) is 27.0 Å². The third-order valence-electron chi connectivity index (χ3n) is 5.59. The van der Waals surface area contributed by atoms with E-state index in [9.17, 15) is 13.2 Å². The van der Waals surface area contributed by atoms with Crippen molar-refractivity contribution in [1.82, 2.24) is 19.9 Å². The lowest BCUT2D eigenvalue weighted by molar-refractivity contribution is -0.137. The van der Waals surface area contributed by atoms with Gasteiger partial charge >= 0.3 is 6.18 Å². The molecule has 7 nitrogen and oxygen atoms in total. The molecule has 5 rings (SSSR count). The molecule has 0 spiro atoms. The summed E-state index contributed by atoms with van der Waals surface area (Å²) in [6, 6.07) is 16.0. The molecule has 5 aromatic rings. The van der Waals surface area contributed by atoms with Gasteiger partial charge in [0.25, 0.3) is 0 Å². The van der Waals surface area contributed by atoms with Crippen molar-refractivity contribution in [2.45, 2.75) is 6.18 Å². The molecule has 0 saturated heterocycles. The number of hydrogen-bond donors (Lipinski definition) is 2. The summed E-state index contributed by atoms with van der Waals surface area (Å²) in [6.45, 7) is 0. The maximum absolute atomic E-state index is 13.5. The Morgan fingerprint density at radius 1 is 0.889 bits per heavy atom. The highest BCUT2D eigenvalue weighted by Crippen LogP contribution is 2.38. The van der Waals surface area contributed by atoms with Crippen LogP contribution < -0.4 is 15.8 Å². The van der Waals surface area contributed by atoms with E-state index in [2.05, 4.69) is 25.3 Å². The van der Waals surface area contributed by atoms with Crippen LogP contribution in [0.2, 0.25) is 0 Å². The second-order valence-corrected chi connectivity index (χ2v) is 7.86. The maximum atomic E-state index is 13.5. The molecule has 0 aliphatic heterocycles. The minimum Gasteiger partial charge on any atom is -0.497 e. The van der Waals surface area contributed by atoms with Crippen LogP contribution in [0, 0.1) is 0 Å². The summed E-state index contributed by atoms with van der Waals surface area (Å²) < 4.78 is 45.6. The van der Waals surface area contributed by atoms with Gasteiger partial charge < -0.3 is 15.8 Å². The molecule has 3 N–H and O–H groups in total. The number of nitrogens with two attached hydrogens (primary N) is 1. The lowest BCUT2D eigenvalue weighted by Gasteiger charge is -2.15. The molecular formula is C26H19F3N6O. The first-order valence-corrected chi connectivity index (χ1v) is 10.8. The average Bonchev–Trinajstić information content (AvgIpc) is 2.89. The molecule has 0 bridgehead atoms. The fourth-order valence-corrected chi connectivity index (χ4v) is 3.88. The zero-order valence-corrected chi connectivity index (χ0v) is 18.9. The van der Waals surface area contributed by atoms with E-state index >= 15 is 0 Å². The number of alkyl halides is 3. The van der Waals surface area contributed by atoms with Gasteiger partial charge in [-0.05, 0) is 48.5 Å². The first-order valence-electron chi connectivity index (χ1n) is 10.8. The normalized spacial score (nSPS) is 11.4. The molecule has 0 aliphatic rings. The highest BCUT2D eigenvalue weighted by atomic mass is 19.4. The fraction of sp³-hybridized carbons (Fsp3) is 0.0769. The molecule has 0 unspecified atom stereocenters. The van der Waals surface area contributed by atoms with Gasteiger partial charge in [0.15, 0.2) is 0 Å². The third-order valence-corrected chi connectivity index (χ3v) is 5.59. The Labute approximate surface area is 203 Å². The Hall–Kier alpha value is -4.73. The number of pyridine rings is 2. The van der Waals surface area contributed by atoms with Crippen LogP contribution in [0.5, 0.6) is 5.75 Å². The number of methoxy groups -OCH3 is 1. The summed E-state index contributed by atoms with van der Waals surface area (Å²) in [7, 11) is 1.31. The average molecular weight is 488 g/mol. The van der Waals surface area contributed by atoms with Gasteiger partial charge in [-0.25, -0.2) is 19.9 Å². The van der Waals surface area contributed by atoms with Crippen molar-refractivity contribution in [2.75, 3.05) is 18.2 Å². The van der Waals surface area contributed by atoms with Crippen molar-refractivity contribution in [1.29, 1.82) is 0 Å². The van der Waals surface area contributed by atoms with E-state index in [0.29, 0.717) is 28.0 Å². The van der Waals surface area contributed by atoms with Crippen LogP contribution in [0.4, 0.5) is 30.5 Å². The minimum absolute atomic E-state index is 0.0645. The third kappa shape index (κ3) is 4.48. The standard InChI is InChI=1S/C26H19F3N6O/c1-36-17-11-15(10-16(12-17)26(27,28)29)23-13-20-18(24(30)34-23)4-2-6-22(20)35-25-19(5-3-8-32-25)21-7-9-31-14-33-21/h2-14H,1H3,(H2,30,34)(H,32,35). The molecule has 3 aromatic heterocycles. The topological polar surface area (TPSA) is 98.8 Å². The molecule has 0 saturated carbocycles. The Balaban J connectivity index is 1.64. The lowest BCUT2D eigenvalue weighted by Crippen LogP contribution is -2.06. The number of fused-ring (bicyclic) bond motifs is 1. The molecule has 180 valence electrons. The number of benzene rings is 2. The zero-order chi connectivity index (χ0) is 25.3. The first-order chi connectivity index (χ1) is 17.3. The van der Waals surface area contributed by atoms with Gasteiger partial charge in [0.2, 0.25) is 0 Å². The quantitative estimate of drug-likeness (QED) is 0.308. The monoisotopic (exact) mass is 488 g/mol. The molecule has 0 radical (unpaired) electrons. The van der Waals surface area contributed by atoms with E-state index in [4.69, 9.17) is 10.5 Å². The number of halogens is 3. The summed E-state index contributed by atoms with van der Waals surface area (Å²) in [4.78, 5) is 17.1. The van der Waals surface area contributed by atoms with Crippen LogP contribution in [0.1, 0.15) is 5.56 Å². The molecule has 3 heterocycles. The molecule has 0 amide bonds. The molecule has 0 fully saturated rings. The smallest absolute Gasteiger partial charge is 0.416 e. The maximum Gasteiger partial charge on any atom is 0.416 e. The van der Waals surface area contributed by atoms with Crippen molar-refractivity contribution in [2.24, 2.45) is 0 Å². The van der Waals surface area contributed by atoms with Gasteiger partial charge in [0.05, 0.1) is 24.1 Å². The van der Waals surface area contributed by atoms with E-state index in [1.807, 2.05) is 18.2 Å². The summed E-state index contributed by atoms with van der Waals surface area (Å²) >= 11 is 0. The molecule has 2 aromatic carbocycles. The van der Waals surface area contributed by atoms with Gasteiger partial charge in [-0.1, -0.05) is 12.1 Å². The number of anilines is 3. The second-order valence-electron chi connectivity index (χ2n) is 7.86. The number of nitrogens with zero attached hydrogens (tertiary/aromatic N) is 4. The van der Waals surface area contributed by atoms with Gasteiger partial charge in [0, 0.05) is 40.0 Å². The number of nitrogens with one attached hydrogen (secondary N) is 1. The van der Waals surface area contributed by atoms with E-state index in [0.717, 1.165) is 17.7 Å². The first kappa shape index (κ1) is 23.0. The number of hydrogen-bond acceptors (Lipinski definition) is 7. The van der Waals surface area contributed by atoms with Crippen molar-refractivity contribution in [3.05, 3.63) is 84.9 Å². The van der Waals surface area contributed by atoms with Crippen LogP contribution >= 0.6 is 0 Å². The van der Waals surface area contributed by atoms with Crippen molar-refractivity contribution in [3.8, 4) is 28.3 Å². The van der Waals surface area contributed by atoms with Gasteiger partial charge in [-0.2, -0.15) is 13.2 Å². The van der Waals surface area contributed by atoms with Crippen LogP contribution in [0.25, 0.3) is 33.3 Å². The highest BCUT2D eigenvalue weighted by molar-refractivity contribution is 6.02. The Morgan fingerprint density at radius 2 is 1.75 bits per heavy atom. The van der Waals surface area contributed by atoms with E-state index < -0.39 is 11.7 Å². The fourth-order valence-electron chi connectivity index (χ4n) is 3.88. The number of aromatic nitrogens is 4.